The second-order valence-corrected chi connectivity index (χ2v) is 2.67. The van der Waals surface area contributed by atoms with E-state index in [1.165, 1.54) is 0 Å². The van der Waals surface area contributed by atoms with Gasteiger partial charge in [-0.3, -0.25) is 4.99 Å². The van der Waals surface area contributed by atoms with Gasteiger partial charge in [0.2, 0.25) is 5.88 Å². The lowest BCUT2D eigenvalue weighted by Crippen LogP contribution is -2.30. The molecule has 0 saturated heterocycles. The zero-order valence-corrected chi connectivity index (χ0v) is 8.32. The van der Waals surface area contributed by atoms with Crippen LogP contribution in [0.3, 0.4) is 0 Å². The lowest BCUT2D eigenvalue weighted by atomic mass is 10.2. The number of guanidine groups is 1. The van der Waals surface area contributed by atoms with E-state index in [1.54, 1.807) is 20.4 Å². The Hall–Kier alpha value is -1.78. The van der Waals surface area contributed by atoms with Gasteiger partial charge in [0, 0.05) is 25.9 Å². The minimum absolute atomic E-state index is 0.417. The van der Waals surface area contributed by atoms with Crippen molar-refractivity contribution in [2.45, 2.75) is 6.54 Å². The molecule has 0 spiro atoms. The summed E-state index contributed by atoms with van der Waals surface area (Å²) in [7, 11) is 3.22. The van der Waals surface area contributed by atoms with Gasteiger partial charge in [-0.25, -0.2) is 4.98 Å². The highest BCUT2D eigenvalue weighted by molar-refractivity contribution is 5.77. The smallest absolute Gasteiger partial charge is 0.213 e. The molecule has 0 aliphatic heterocycles. The van der Waals surface area contributed by atoms with Gasteiger partial charge in [0.05, 0.1) is 7.11 Å². The summed E-state index contributed by atoms with van der Waals surface area (Å²) in [5.41, 5.74) is 6.53. The van der Waals surface area contributed by atoms with Crippen LogP contribution >= 0.6 is 0 Å². The molecule has 5 nitrogen and oxygen atoms in total. The van der Waals surface area contributed by atoms with Crippen LogP contribution in [0.4, 0.5) is 0 Å². The van der Waals surface area contributed by atoms with E-state index in [2.05, 4.69) is 15.3 Å². The zero-order valence-electron chi connectivity index (χ0n) is 8.32. The van der Waals surface area contributed by atoms with E-state index in [4.69, 9.17) is 10.5 Å². The maximum absolute atomic E-state index is 5.48. The molecule has 3 N–H and O–H groups in total. The normalized spacial score (nSPS) is 11.1. The predicted octanol–water partition coefficient (Wildman–Crippen LogP) is 0.124. The molecule has 76 valence electrons. The van der Waals surface area contributed by atoms with Gasteiger partial charge >= 0.3 is 0 Å². The van der Waals surface area contributed by atoms with Gasteiger partial charge in [-0.15, -0.1) is 0 Å². The van der Waals surface area contributed by atoms with Crippen LogP contribution in [0.25, 0.3) is 0 Å². The highest BCUT2D eigenvalue weighted by atomic mass is 16.5. The number of hydrogen-bond donors (Lipinski definition) is 2. The SMILES string of the molecule is CN=C(N)NCc1ccnc(OC)c1. The molecule has 0 fully saturated rings. The minimum Gasteiger partial charge on any atom is -0.481 e. The fourth-order valence-corrected chi connectivity index (χ4v) is 0.944. The van der Waals surface area contributed by atoms with Crippen molar-refractivity contribution in [3.05, 3.63) is 23.9 Å². The van der Waals surface area contributed by atoms with Crippen molar-refractivity contribution < 1.29 is 4.74 Å². The van der Waals surface area contributed by atoms with Crippen LogP contribution in [-0.4, -0.2) is 25.1 Å². The monoisotopic (exact) mass is 194 g/mol. The summed E-state index contributed by atoms with van der Waals surface area (Å²) in [5.74, 6) is 1.01. The van der Waals surface area contributed by atoms with Gasteiger partial charge in [0.25, 0.3) is 0 Å². The summed E-state index contributed by atoms with van der Waals surface area (Å²) in [6.45, 7) is 0.613. The highest BCUT2D eigenvalue weighted by Crippen LogP contribution is 2.07. The summed E-state index contributed by atoms with van der Waals surface area (Å²) in [6.07, 6.45) is 1.69. The first kappa shape index (κ1) is 10.3. The highest BCUT2D eigenvalue weighted by Gasteiger charge is 1.96. The lowest BCUT2D eigenvalue weighted by molar-refractivity contribution is 0.397. The summed E-state index contributed by atoms with van der Waals surface area (Å²) >= 11 is 0. The van der Waals surface area contributed by atoms with Crippen LogP contribution in [0.1, 0.15) is 5.56 Å². The number of methoxy groups -OCH3 is 1. The van der Waals surface area contributed by atoms with Crippen LogP contribution in [0.5, 0.6) is 5.88 Å². The summed E-state index contributed by atoms with van der Waals surface area (Å²) in [5, 5.41) is 2.94. The minimum atomic E-state index is 0.417. The second kappa shape index (κ2) is 5.06. The van der Waals surface area contributed by atoms with E-state index < -0.39 is 0 Å². The molecular weight excluding hydrogens is 180 g/mol. The van der Waals surface area contributed by atoms with Gasteiger partial charge < -0.3 is 15.8 Å². The van der Waals surface area contributed by atoms with E-state index in [1.807, 2.05) is 12.1 Å². The van der Waals surface area contributed by atoms with Crippen LogP contribution in [-0.2, 0) is 6.54 Å². The third-order valence-electron chi connectivity index (χ3n) is 1.72. The average molecular weight is 194 g/mol. The molecule has 1 heterocycles. The first-order valence-electron chi connectivity index (χ1n) is 4.21. The number of pyridine rings is 1. The van der Waals surface area contributed by atoms with E-state index in [0.29, 0.717) is 18.4 Å². The molecule has 0 unspecified atom stereocenters. The maximum Gasteiger partial charge on any atom is 0.213 e. The van der Waals surface area contributed by atoms with E-state index in [-0.39, 0.29) is 0 Å². The lowest BCUT2D eigenvalue weighted by Gasteiger charge is -2.05. The summed E-state index contributed by atoms with van der Waals surface area (Å²) in [4.78, 5) is 7.78. The van der Waals surface area contributed by atoms with Crippen LogP contribution in [0.15, 0.2) is 23.3 Å². The second-order valence-electron chi connectivity index (χ2n) is 2.67. The molecule has 0 atom stereocenters. The Morgan fingerprint density at radius 2 is 2.50 bits per heavy atom. The van der Waals surface area contributed by atoms with Crippen molar-refractivity contribution in [3.63, 3.8) is 0 Å². The molecule has 1 rings (SSSR count). The maximum atomic E-state index is 5.48. The van der Waals surface area contributed by atoms with Gasteiger partial charge in [0.15, 0.2) is 5.96 Å². The number of rotatable bonds is 3. The van der Waals surface area contributed by atoms with Gasteiger partial charge in [-0.2, -0.15) is 0 Å². The molecular formula is C9H14N4O. The van der Waals surface area contributed by atoms with Crippen molar-refractivity contribution in [1.29, 1.82) is 0 Å². The summed E-state index contributed by atoms with van der Waals surface area (Å²) < 4.78 is 4.99. The topological polar surface area (TPSA) is 72.5 Å². The van der Waals surface area contributed by atoms with Crippen LogP contribution in [0.2, 0.25) is 0 Å². The number of hydrogen-bond acceptors (Lipinski definition) is 3. The first-order valence-corrected chi connectivity index (χ1v) is 4.21. The fourth-order valence-electron chi connectivity index (χ4n) is 0.944. The van der Waals surface area contributed by atoms with Crippen LogP contribution in [0, 0.1) is 0 Å². The van der Waals surface area contributed by atoms with E-state index in [9.17, 15) is 0 Å². The van der Waals surface area contributed by atoms with Crippen molar-refractivity contribution >= 4 is 5.96 Å². The third kappa shape index (κ3) is 2.93. The molecule has 0 aliphatic rings. The van der Waals surface area contributed by atoms with Crippen molar-refractivity contribution in [2.75, 3.05) is 14.2 Å². The Balaban J connectivity index is 2.58. The summed E-state index contributed by atoms with van der Waals surface area (Å²) in [6, 6.07) is 3.73. The van der Waals surface area contributed by atoms with Gasteiger partial charge in [0.1, 0.15) is 0 Å². The van der Waals surface area contributed by atoms with E-state index in [0.717, 1.165) is 5.56 Å². The Morgan fingerprint density at radius 1 is 1.71 bits per heavy atom. The molecule has 5 heteroatoms. The Kier molecular flexibility index (Phi) is 3.72. The average Bonchev–Trinajstić information content (AvgIpc) is 2.26. The molecule has 0 radical (unpaired) electrons. The predicted molar refractivity (Wildman–Crippen MR) is 55.2 cm³/mol. The van der Waals surface area contributed by atoms with Gasteiger partial charge in [-0.05, 0) is 11.6 Å². The molecule has 14 heavy (non-hydrogen) atoms. The zero-order chi connectivity index (χ0) is 10.4. The Bertz CT molecular complexity index is 324. The third-order valence-corrected chi connectivity index (χ3v) is 1.72. The number of nitrogens with one attached hydrogen (secondary N) is 1. The number of ether oxygens (including phenoxy) is 1. The number of nitrogens with zero attached hydrogens (tertiary/aromatic N) is 2. The van der Waals surface area contributed by atoms with Crippen LogP contribution < -0.4 is 15.8 Å². The Labute approximate surface area is 83.0 Å². The standard InChI is InChI=1S/C9H14N4O/c1-11-9(10)13-6-7-3-4-12-8(5-7)14-2/h3-5H,6H2,1-2H3,(H3,10,11,13). The quantitative estimate of drug-likeness (QED) is 0.529. The molecule has 0 aliphatic carbocycles. The van der Waals surface area contributed by atoms with Gasteiger partial charge in [-0.1, -0.05) is 0 Å². The number of aliphatic imine (C=N–C) groups is 1. The number of nitrogens with two attached hydrogens (primary N) is 1. The molecule has 0 bridgehead atoms. The Morgan fingerprint density at radius 3 is 3.14 bits per heavy atom. The molecule has 1 aromatic rings. The molecule has 0 aromatic carbocycles. The van der Waals surface area contributed by atoms with Crippen molar-refractivity contribution in [1.82, 2.24) is 10.3 Å². The first-order chi connectivity index (χ1) is 6.76. The van der Waals surface area contributed by atoms with E-state index >= 15 is 0 Å². The fraction of sp³-hybridized carbons (Fsp3) is 0.333. The largest absolute Gasteiger partial charge is 0.481 e. The molecule has 0 saturated carbocycles. The number of aromatic nitrogens is 1. The van der Waals surface area contributed by atoms with Crippen molar-refractivity contribution in [2.24, 2.45) is 10.7 Å². The molecule has 1 aromatic heterocycles. The molecule has 0 amide bonds. The van der Waals surface area contributed by atoms with Crippen molar-refractivity contribution in [3.8, 4) is 5.88 Å².